The van der Waals surface area contributed by atoms with Crippen molar-refractivity contribution < 1.29 is 14.6 Å². The van der Waals surface area contributed by atoms with Crippen LogP contribution in [-0.2, 0) is 0 Å². The molecule has 0 bridgehead atoms. The Labute approximate surface area is 105 Å². The highest BCUT2D eigenvalue weighted by atomic mass is 32.2. The molecular weight excluding hydrogens is 241 g/mol. The third-order valence-electron chi connectivity index (χ3n) is 2.42. The highest BCUT2D eigenvalue weighted by molar-refractivity contribution is 7.99. The standard InChI is InChI=1S/C12H18FNO2S/c1-7-3-12(17-6-9(16)5-15)10(8(2)14)4-11(7)13/h3-4,8-9,15-16H,5-6,14H2,1-2H3/t8-,9?/m0/s1. The van der Waals surface area contributed by atoms with Gasteiger partial charge in [-0.2, -0.15) is 0 Å². The Kier molecular flexibility index (Phi) is 5.39. The minimum absolute atomic E-state index is 0.265. The molecule has 3 nitrogen and oxygen atoms in total. The second-order valence-electron chi connectivity index (χ2n) is 4.08. The molecule has 0 aliphatic rings. The number of nitrogens with two attached hydrogens (primary N) is 1. The van der Waals surface area contributed by atoms with Gasteiger partial charge in [0.1, 0.15) is 5.82 Å². The maximum atomic E-state index is 13.4. The first-order valence-electron chi connectivity index (χ1n) is 5.43. The second kappa shape index (κ2) is 6.35. The number of hydrogen-bond donors (Lipinski definition) is 3. The Bertz CT molecular complexity index is 385. The molecule has 5 heteroatoms. The molecule has 0 aliphatic heterocycles. The normalized spacial score (nSPS) is 14.7. The van der Waals surface area contributed by atoms with Gasteiger partial charge >= 0.3 is 0 Å². The van der Waals surface area contributed by atoms with E-state index in [9.17, 15) is 9.50 Å². The van der Waals surface area contributed by atoms with E-state index in [0.717, 1.165) is 10.5 Å². The van der Waals surface area contributed by atoms with Crippen LogP contribution in [0.2, 0.25) is 0 Å². The number of aliphatic hydroxyl groups excluding tert-OH is 2. The zero-order valence-corrected chi connectivity index (χ0v) is 10.8. The van der Waals surface area contributed by atoms with Gasteiger partial charge in [-0.3, -0.25) is 0 Å². The van der Waals surface area contributed by atoms with E-state index >= 15 is 0 Å². The molecule has 0 saturated carbocycles. The first-order chi connectivity index (χ1) is 7.95. The van der Waals surface area contributed by atoms with Gasteiger partial charge in [0.2, 0.25) is 0 Å². The van der Waals surface area contributed by atoms with Crippen molar-refractivity contribution in [2.24, 2.45) is 5.73 Å². The first kappa shape index (κ1) is 14.4. The third-order valence-corrected chi connectivity index (χ3v) is 3.64. The molecule has 0 aromatic heterocycles. The Morgan fingerprint density at radius 1 is 1.47 bits per heavy atom. The molecule has 0 amide bonds. The maximum absolute atomic E-state index is 13.4. The Hall–Kier alpha value is -0.620. The van der Waals surface area contributed by atoms with Crippen molar-refractivity contribution in [3.63, 3.8) is 0 Å². The fourth-order valence-corrected chi connectivity index (χ4v) is 2.54. The smallest absolute Gasteiger partial charge is 0.126 e. The predicted molar refractivity (Wildman–Crippen MR) is 67.6 cm³/mol. The van der Waals surface area contributed by atoms with E-state index in [4.69, 9.17) is 10.8 Å². The lowest BCUT2D eigenvalue weighted by Gasteiger charge is -2.15. The average Bonchev–Trinajstić information content (AvgIpc) is 2.29. The Morgan fingerprint density at radius 3 is 2.65 bits per heavy atom. The van der Waals surface area contributed by atoms with Crippen LogP contribution in [-0.4, -0.2) is 28.7 Å². The zero-order valence-electron chi connectivity index (χ0n) is 9.98. The molecule has 96 valence electrons. The molecule has 0 saturated heterocycles. The van der Waals surface area contributed by atoms with Gasteiger partial charge in [-0.15, -0.1) is 11.8 Å². The Morgan fingerprint density at radius 2 is 2.12 bits per heavy atom. The van der Waals surface area contributed by atoms with Crippen LogP contribution in [0.5, 0.6) is 0 Å². The van der Waals surface area contributed by atoms with E-state index in [1.807, 2.05) is 0 Å². The summed E-state index contributed by atoms with van der Waals surface area (Å²) in [6.07, 6.45) is -0.772. The van der Waals surface area contributed by atoms with Gasteiger partial charge < -0.3 is 15.9 Å². The summed E-state index contributed by atoms with van der Waals surface area (Å²) in [6.45, 7) is 3.20. The minimum atomic E-state index is -0.772. The molecule has 0 spiro atoms. The first-order valence-corrected chi connectivity index (χ1v) is 6.41. The van der Waals surface area contributed by atoms with Crippen LogP contribution in [0.1, 0.15) is 24.1 Å². The maximum Gasteiger partial charge on any atom is 0.126 e. The Balaban J connectivity index is 2.92. The van der Waals surface area contributed by atoms with Crippen LogP contribution in [0.4, 0.5) is 4.39 Å². The second-order valence-corrected chi connectivity index (χ2v) is 5.14. The van der Waals surface area contributed by atoms with Crippen molar-refractivity contribution in [1.29, 1.82) is 0 Å². The minimum Gasteiger partial charge on any atom is -0.394 e. The molecule has 17 heavy (non-hydrogen) atoms. The molecule has 0 fully saturated rings. The molecular formula is C12H18FNO2S. The quantitative estimate of drug-likeness (QED) is 0.703. The number of aliphatic hydroxyl groups is 2. The van der Waals surface area contributed by atoms with E-state index in [2.05, 4.69) is 0 Å². The molecule has 1 aromatic carbocycles. The number of thioether (sulfide) groups is 1. The van der Waals surface area contributed by atoms with Crippen molar-refractivity contribution >= 4 is 11.8 Å². The summed E-state index contributed by atoms with van der Waals surface area (Å²) < 4.78 is 13.4. The summed E-state index contributed by atoms with van der Waals surface area (Å²) in [4.78, 5) is 0.853. The van der Waals surface area contributed by atoms with Gasteiger partial charge in [0.25, 0.3) is 0 Å². The molecule has 1 rings (SSSR count). The lowest BCUT2D eigenvalue weighted by molar-refractivity contribution is 0.113. The molecule has 0 radical (unpaired) electrons. The van der Waals surface area contributed by atoms with E-state index in [-0.39, 0.29) is 18.5 Å². The van der Waals surface area contributed by atoms with Gasteiger partial charge in [0.05, 0.1) is 12.7 Å². The summed E-state index contributed by atoms with van der Waals surface area (Å²) in [5.74, 6) is 0.0886. The molecule has 4 N–H and O–H groups in total. The summed E-state index contributed by atoms with van der Waals surface area (Å²) in [5.41, 5.74) is 7.06. The van der Waals surface area contributed by atoms with Crippen LogP contribution in [0.15, 0.2) is 17.0 Å². The van der Waals surface area contributed by atoms with Gasteiger partial charge in [-0.05, 0) is 37.1 Å². The zero-order chi connectivity index (χ0) is 13.0. The largest absolute Gasteiger partial charge is 0.394 e. The lowest BCUT2D eigenvalue weighted by atomic mass is 10.1. The number of halogens is 1. The molecule has 1 unspecified atom stereocenters. The number of benzene rings is 1. The van der Waals surface area contributed by atoms with E-state index < -0.39 is 6.10 Å². The van der Waals surface area contributed by atoms with Crippen molar-refractivity contribution in [2.45, 2.75) is 30.9 Å². The van der Waals surface area contributed by atoms with Crippen LogP contribution >= 0.6 is 11.8 Å². The summed E-state index contributed by atoms with van der Waals surface area (Å²) >= 11 is 1.37. The fraction of sp³-hybridized carbons (Fsp3) is 0.500. The van der Waals surface area contributed by atoms with Crippen molar-refractivity contribution in [1.82, 2.24) is 0 Å². The number of rotatable bonds is 5. The third kappa shape index (κ3) is 3.96. The van der Waals surface area contributed by atoms with Crippen molar-refractivity contribution in [2.75, 3.05) is 12.4 Å². The van der Waals surface area contributed by atoms with E-state index in [1.165, 1.54) is 17.8 Å². The van der Waals surface area contributed by atoms with E-state index in [0.29, 0.717) is 11.3 Å². The van der Waals surface area contributed by atoms with Crippen LogP contribution in [0.25, 0.3) is 0 Å². The van der Waals surface area contributed by atoms with E-state index in [1.54, 1.807) is 19.9 Å². The summed E-state index contributed by atoms with van der Waals surface area (Å²) in [7, 11) is 0. The van der Waals surface area contributed by atoms with Crippen molar-refractivity contribution in [3.05, 3.63) is 29.1 Å². The average molecular weight is 259 g/mol. The van der Waals surface area contributed by atoms with Gasteiger partial charge in [0, 0.05) is 16.7 Å². The topological polar surface area (TPSA) is 66.5 Å². The SMILES string of the molecule is Cc1cc(SCC(O)CO)c([C@H](C)N)cc1F. The van der Waals surface area contributed by atoms with Crippen LogP contribution in [0, 0.1) is 12.7 Å². The molecule has 0 heterocycles. The van der Waals surface area contributed by atoms with Gasteiger partial charge in [0.15, 0.2) is 0 Å². The monoisotopic (exact) mass is 259 g/mol. The highest BCUT2D eigenvalue weighted by Crippen LogP contribution is 2.29. The fourth-order valence-electron chi connectivity index (χ4n) is 1.39. The molecule has 2 atom stereocenters. The van der Waals surface area contributed by atoms with Crippen molar-refractivity contribution in [3.8, 4) is 0 Å². The number of hydrogen-bond acceptors (Lipinski definition) is 4. The molecule has 1 aromatic rings. The van der Waals surface area contributed by atoms with Crippen LogP contribution < -0.4 is 5.73 Å². The predicted octanol–water partition coefficient (Wildman–Crippen LogP) is 1.60. The van der Waals surface area contributed by atoms with Gasteiger partial charge in [-0.25, -0.2) is 4.39 Å². The van der Waals surface area contributed by atoms with Crippen LogP contribution in [0.3, 0.4) is 0 Å². The highest BCUT2D eigenvalue weighted by Gasteiger charge is 2.13. The van der Waals surface area contributed by atoms with Gasteiger partial charge in [-0.1, -0.05) is 0 Å². The number of aryl methyl sites for hydroxylation is 1. The lowest BCUT2D eigenvalue weighted by Crippen LogP contribution is -2.15. The summed E-state index contributed by atoms with van der Waals surface area (Å²) in [6, 6.07) is 2.90. The summed E-state index contributed by atoms with van der Waals surface area (Å²) in [5, 5.41) is 18.0. The molecule has 0 aliphatic carbocycles.